The van der Waals surface area contributed by atoms with E-state index < -0.39 is 46.1 Å². The van der Waals surface area contributed by atoms with Crippen molar-refractivity contribution in [3.63, 3.8) is 0 Å². The van der Waals surface area contributed by atoms with E-state index >= 15 is 0 Å². The van der Waals surface area contributed by atoms with Gasteiger partial charge in [0.05, 0.1) is 5.56 Å². The van der Waals surface area contributed by atoms with Crippen LogP contribution in [-0.2, 0) is 16.0 Å². The molecule has 0 spiro atoms. The Labute approximate surface area is 166 Å². The third-order valence-electron chi connectivity index (χ3n) is 6.27. The monoisotopic (exact) mass is 396 g/mol. The molecular weight excluding hydrogens is 376 g/mol. The molecule has 1 aromatic rings. The van der Waals surface area contributed by atoms with Crippen molar-refractivity contribution >= 4 is 23.0 Å². The number of aliphatic hydroxyl groups excluding tert-OH is 2. The van der Waals surface area contributed by atoms with E-state index in [1.165, 1.54) is 6.07 Å². The molecular formula is C21H20N2O6. The molecule has 150 valence electrons. The van der Waals surface area contributed by atoms with Crippen molar-refractivity contribution in [2.45, 2.75) is 24.9 Å². The van der Waals surface area contributed by atoms with Crippen molar-refractivity contribution < 1.29 is 30.0 Å². The van der Waals surface area contributed by atoms with Crippen LogP contribution in [0.1, 0.15) is 24.0 Å². The zero-order chi connectivity index (χ0) is 21.2. The van der Waals surface area contributed by atoms with Crippen molar-refractivity contribution in [3.8, 4) is 11.8 Å². The molecule has 0 amide bonds. The highest BCUT2D eigenvalue weighted by Crippen LogP contribution is 2.52. The highest BCUT2D eigenvalue weighted by atomic mass is 16.3. The van der Waals surface area contributed by atoms with E-state index in [1.807, 2.05) is 19.0 Å². The van der Waals surface area contributed by atoms with Gasteiger partial charge in [-0.1, -0.05) is 0 Å². The summed E-state index contributed by atoms with van der Waals surface area (Å²) in [6.45, 7) is 0. The minimum atomic E-state index is -2.44. The maximum atomic E-state index is 13.3. The maximum Gasteiger partial charge on any atom is 0.202 e. The summed E-state index contributed by atoms with van der Waals surface area (Å²) in [5.74, 6) is -4.55. The highest BCUT2D eigenvalue weighted by molar-refractivity contribution is 6.13. The van der Waals surface area contributed by atoms with Crippen LogP contribution in [0.25, 0.3) is 5.76 Å². The average molecular weight is 396 g/mol. The number of aromatic hydroxyl groups is 1. The number of carbonyl (C=O) groups is 2. The number of rotatable bonds is 1. The number of hydrogen-bond donors (Lipinski definition) is 4. The van der Waals surface area contributed by atoms with Gasteiger partial charge in [0.25, 0.3) is 0 Å². The lowest BCUT2D eigenvalue weighted by molar-refractivity contribution is -0.147. The Morgan fingerprint density at radius 1 is 1.17 bits per heavy atom. The largest absolute Gasteiger partial charge is 0.507 e. The lowest BCUT2D eigenvalue weighted by atomic mass is 9.59. The first-order chi connectivity index (χ1) is 13.6. The normalized spacial score (nSPS) is 28.5. The summed E-state index contributed by atoms with van der Waals surface area (Å²) in [4.78, 5) is 27.3. The quantitative estimate of drug-likeness (QED) is 0.560. The summed E-state index contributed by atoms with van der Waals surface area (Å²) in [5.41, 5.74) is -1.62. The van der Waals surface area contributed by atoms with Gasteiger partial charge in [-0.15, -0.1) is 0 Å². The van der Waals surface area contributed by atoms with Crippen molar-refractivity contribution in [2.24, 2.45) is 11.8 Å². The third kappa shape index (κ3) is 2.34. The number of carbonyl (C=O) groups excluding carboxylic acids is 2. The Bertz CT molecular complexity index is 1080. The van der Waals surface area contributed by atoms with Crippen molar-refractivity contribution in [1.29, 1.82) is 5.26 Å². The topological polar surface area (TPSA) is 142 Å². The first-order valence-electron chi connectivity index (χ1n) is 9.22. The zero-order valence-corrected chi connectivity index (χ0v) is 15.9. The van der Waals surface area contributed by atoms with Crippen LogP contribution < -0.4 is 4.90 Å². The molecule has 3 aliphatic rings. The van der Waals surface area contributed by atoms with E-state index in [1.54, 1.807) is 12.1 Å². The summed E-state index contributed by atoms with van der Waals surface area (Å²) in [7, 11) is 3.64. The van der Waals surface area contributed by atoms with Gasteiger partial charge in [0.1, 0.15) is 23.2 Å². The lowest BCUT2D eigenvalue weighted by Crippen LogP contribution is -2.57. The van der Waals surface area contributed by atoms with Gasteiger partial charge in [-0.05, 0) is 36.5 Å². The summed E-state index contributed by atoms with van der Waals surface area (Å²) in [5, 5.41) is 51.9. The van der Waals surface area contributed by atoms with Crippen LogP contribution in [0.15, 0.2) is 29.0 Å². The molecule has 8 heteroatoms. The van der Waals surface area contributed by atoms with Gasteiger partial charge in [-0.3, -0.25) is 9.59 Å². The van der Waals surface area contributed by atoms with Gasteiger partial charge in [-0.25, -0.2) is 0 Å². The van der Waals surface area contributed by atoms with E-state index in [0.717, 1.165) is 5.69 Å². The van der Waals surface area contributed by atoms with Crippen molar-refractivity contribution in [3.05, 3.63) is 40.2 Å². The van der Waals surface area contributed by atoms with Crippen molar-refractivity contribution in [2.75, 3.05) is 19.0 Å². The summed E-state index contributed by atoms with van der Waals surface area (Å²) in [6, 6.07) is 4.68. The second kappa shape index (κ2) is 6.09. The number of hydrogen-bond acceptors (Lipinski definition) is 8. The van der Waals surface area contributed by atoms with Crippen LogP contribution in [0.5, 0.6) is 5.75 Å². The highest BCUT2D eigenvalue weighted by Gasteiger charge is 2.60. The number of phenols is 1. The lowest BCUT2D eigenvalue weighted by Gasteiger charge is -2.46. The average Bonchev–Trinajstić information content (AvgIpc) is 2.65. The minimum Gasteiger partial charge on any atom is -0.507 e. The summed E-state index contributed by atoms with van der Waals surface area (Å²) >= 11 is 0. The Hall–Kier alpha value is -3.31. The van der Waals surface area contributed by atoms with Crippen molar-refractivity contribution in [1.82, 2.24) is 0 Å². The number of nitriles is 1. The van der Waals surface area contributed by atoms with Gasteiger partial charge < -0.3 is 25.3 Å². The minimum absolute atomic E-state index is 0.0966. The fourth-order valence-electron chi connectivity index (χ4n) is 4.89. The van der Waals surface area contributed by atoms with Gasteiger partial charge in [0, 0.05) is 37.7 Å². The molecule has 0 radical (unpaired) electrons. The number of phenolic OH excluding ortho intramolecular Hbond substituents is 1. The third-order valence-corrected chi connectivity index (χ3v) is 6.27. The molecule has 1 aromatic carbocycles. The van der Waals surface area contributed by atoms with Crippen LogP contribution >= 0.6 is 0 Å². The number of Topliss-reactive ketones (excluding diaryl/α,β-unsaturated/α-hetero) is 2. The number of fused-ring (bicyclic) bond motifs is 3. The maximum absolute atomic E-state index is 13.3. The fourth-order valence-corrected chi connectivity index (χ4v) is 4.89. The molecule has 3 atom stereocenters. The first-order valence-corrected chi connectivity index (χ1v) is 9.22. The van der Waals surface area contributed by atoms with Gasteiger partial charge in [0.15, 0.2) is 17.1 Å². The number of benzene rings is 1. The molecule has 1 fully saturated rings. The van der Waals surface area contributed by atoms with E-state index in [0.29, 0.717) is 12.0 Å². The zero-order valence-electron chi connectivity index (χ0n) is 15.9. The van der Waals surface area contributed by atoms with Crippen LogP contribution in [0.3, 0.4) is 0 Å². The molecule has 3 aliphatic carbocycles. The number of aliphatic hydroxyl groups is 3. The molecule has 1 saturated carbocycles. The molecule has 0 heterocycles. The SMILES string of the molecule is CN(C)c1ccc(O)c2c1CC1CC3CC(=O)C(C#N)=C(O)C3(O)C(=O)C1=C2O. The second-order valence-corrected chi connectivity index (χ2v) is 8.01. The Morgan fingerprint density at radius 3 is 2.48 bits per heavy atom. The second-order valence-electron chi connectivity index (χ2n) is 8.01. The van der Waals surface area contributed by atoms with Gasteiger partial charge in [-0.2, -0.15) is 5.26 Å². The van der Waals surface area contributed by atoms with Gasteiger partial charge >= 0.3 is 0 Å². The first kappa shape index (κ1) is 19.0. The molecule has 8 nitrogen and oxygen atoms in total. The van der Waals surface area contributed by atoms with Crippen LogP contribution in [-0.4, -0.2) is 51.7 Å². The molecule has 4 N–H and O–H groups in total. The predicted molar refractivity (Wildman–Crippen MR) is 102 cm³/mol. The summed E-state index contributed by atoms with van der Waals surface area (Å²) in [6.07, 6.45) is 0.240. The van der Waals surface area contributed by atoms with E-state index in [-0.39, 0.29) is 29.7 Å². The van der Waals surface area contributed by atoms with E-state index in [4.69, 9.17) is 5.26 Å². The number of anilines is 1. The molecule has 3 unspecified atom stereocenters. The number of nitrogens with zero attached hydrogens (tertiary/aromatic N) is 2. The Kier molecular flexibility index (Phi) is 4.00. The van der Waals surface area contributed by atoms with Gasteiger partial charge in [0.2, 0.25) is 5.78 Å². The van der Waals surface area contributed by atoms with E-state index in [2.05, 4.69) is 0 Å². The molecule has 0 saturated heterocycles. The Morgan fingerprint density at radius 2 is 1.86 bits per heavy atom. The Balaban J connectivity index is 1.95. The molecule has 0 aromatic heterocycles. The molecule has 4 rings (SSSR count). The summed E-state index contributed by atoms with van der Waals surface area (Å²) < 4.78 is 0. The molecule has 0 aliphatic heterocycles. The van der Waals surface area contributed by atoms with Crippen LogP contribution in [0, 0.1) is 23.2 Å². The number of allylic oxidation sites excluding steroid dienone is 1. The predicted octanol–water partition coefficient (Wildman–Crippen LogP) is 1.53. The molecule has 0 bridgehead atoms. The van der Waals surface area contributed by atoms with E-state index in [9.17, 15) is 30.0 Å². The fraction of sp³-hybridized carbons (Fsp3) is 0.381. The number of ketones is 2. The smallest absolute Gasteiger partial charge is 0.202 e. The molecule has 29 heavy (non-hydrogen) atoms. The van der Waals surface area contributed by atoms with Crippen LogP contribution in [0.2, 0.25) is 0 Å². The standard InChI is InChI=1S/C21H20N2O6/c1-23(2)13-3-4-14(24)17-11(13)6-9-5-10-7-15(25)12(8-22)19(27)21(10,29)20(28)16(9)18(17)26/h3-4,9-10,24,26-27,29H,5-7H2,1-2H3. The van der Waals surface area contributed by atoms with Crippen LogP contribution in [0.4, 0.5) is 5.69 Å².